The minimum absolute atomic E-state index is 0.318. The van der Waals surface area contributed by atoms with Crippen LogP contribution in [-0.4, -0.2) is 13.2 Å². The molecule has 0 saturated carbocycles. The van der Waals surface area contributed by atoms with E-state index in [0.717, 1.165) is 10.9 Å². The SMILES string of the molecule is C=C(NC(C)Cc1ccc(Br)cc1)OC. The normalized spacial score (nSPS) is 11.9. The van der Waals surface area contributed by atoms with Gasteiger partial charge in [0.25, 0.3) is 0 Å². The summed E-state index contributed by atoms with van der Waals surface area (Å²) in [5.74, 6) is 0.611. The van der Waals surface area contributed by atoms with Gasteiger partial charge >= 0.3 is 0 Å². The molecule has 1 atom stereocenters. The van der Waals surface area contributed by atoms with Gasteiger partial charge in [0.2, 0.25) is 0 Å². The van der Waals surface area contributed by atoms with Gasteiger partial charge in [0.1, 0.15) is 0 Å². The van der Waals surface area contributed by atoms with Crippen LogP contribution in [0.3, 0.4) is 0 Å². The van der Waals surface area contributed by atoms with E-state index in [1.165, 1.54) is 5.56 Å². The summed E-state index contributed by atoms with van der Waals surface area (Å²) >= 11 is 3.41. The minimum atomic E-state index is 0.318. The largest absolute Gasteiger partial charge is 0.483 e. The van der Waals surface area contributed by atoms with E-state index in [2.05, 4.69) is 46.9 Å². The second kappa shape index (κ2) is 5.81. The molecule has 0 saturated heterocycles. The van der Waals surface area contributed by atoms with Crippen LogP contribution < -0.4 is 5.32 Å². The maximum Gasteiger partial charge on any atom is 0.179 e. The predicted octanol–water partition coefficient (Wildman–Crippen LogP) is 3.09. The van der Waals surface area contributed by atoms with Crippen LogP contribution in [0.1, 0.15) is 12.5 Å². The Balaban J connectivity index is 2.47. The van der Waals surface area contributed by atoms with Gasteiger partial charge in [0, 0.05) is 10.5 Å². The first-order valence-electron chi connectivity index (χ1n) is 4.85. The van der Waals surface area contributed by atoms with Crippen molar-refractivity contribution in [2.45, 2.75) is 19.4 Å². The number of ether oxygens (including phenoxy) is 1. The number of methoxy groups -OCH3 is 1. The molecule has 0 fully saturated rings. The number of halogens is 1. The monoisotopic (exact) mass is 269 g/mol. The summed E-state index contributed by atoms with van der Waals surface area (Å²) in [4.78, 5) is 0. The quantitative estimate of drug-likeness (QED) is 0.830. The standard InChI is InChI=1S/C12H16BrNO/c1-9(14-10(2)15-3)8-11-4-6-12(13)7-5-11/h4-7,9,14H,2,8H2,1,3H3. The highest BCUT2D eigenvalue weighted by Gasteiger charge is 2.03. The zero-order valence-electron chi connectivity index (χ0n) is 9.09. The molecule has 0 aliphatic carbocycles. The molecule has 0 aromatic heterocycles. The van der Waals surface area contributed by atoms with Crippen LogP contribution in [0.2, 0.25) is 0 Å². The van der Waals surface area contributed by atoms with Crippen LogP contribution >= 0.6 is 15.9 Å². The van der Waals surface area contributed by atoms with Crippen molar-refractivity contribution in [1.82, 2.24) is 5.32 Å². The molecular weight excluding hydrogens is 254 g/mol. The molecule has 0 heterocycles. The van der Waals surface area contributed by atoms with Gasteiger partial charge in [-0.25, -0.2) is 0 Å². The van der Waals surface area contributed by atoms with Gasteiger partial charge in [0.15, 0.2) is 5.88 Å². The molecule has 82 valence electrons. The topological polar surface area (TPSA) is 21.3 Å². The van der Waals surface area contributed by atoms with E-state index in [1.54, 1.807) is 7.11 Å². The summed E-state index contributed by atoms with van der Waals surface area (Å²) in [5.41, 5.74) is 1.29. The summed E-state index contributed by atoms with van der Waals surface area (Å²) in [6.45, 7) is 5.83. The van der Waals surface area contributed by atoms with Crippen LogP contribution in [0.25, 0.3) is 0 Å². The van der Waals surface area contributed by atoms with Crippen molar-refractivity contribution in [2.24, 2.45) is 0 Å². The zero-order chi connectivity index (χ0) is 11.3. The van der Waals surface area contributed by atoms with E-state index >= 15 is 0 Å². The Hall–Kier alpha value is -0.960. The molecule has 1 N–H and O–H groups in total. The first-order valence-corrected chi connectivity index (χ1v) is 5.65. The minimum Gasteiger partial charge on any atom is -0.483 e. The Morgan fingerprint density at radius 3 is 2.60 bits per heavy atom. The second-order valence-electron chi connectivity index (χ2n) is 3.50. The Morgan fingerprint density at radius 2 is 2.07 bits per heavy atom. The lowest BCUT2D eigenvalue weighted by Crippen LogP contribution is -2.27. The predicted molar refractivity (Wildman–Crippen MR) is 66.6 cm³/mol. The molecule has 2 nitrogen and oxygen atoms in total. The van der Waals surface area contributed by atoms with Gasteiger partial charge < -0.3 is 10.1 Å². The van der Waals surface area contributed by atoms with Gasteiger partial charge in [-0.2, -0.15) is 0 Å². The van der Waals surface area contributed by atoms with Crippen molar-refractivity contribution in [3.05, 3.63) is 46.8 Å². The lowest BCUT2D eigenvalue weighted by Gasteiger charge is -2.15. The molecule has 0 spiro atoms. The van der Waals surface area contributed by atoms with E-state index < -0.39 is 0 Å². The fourth-order valence-corrected chi connectivity index (χ4v) is 1.62. The molecule has 1 unspecified atom stereocenters. The van der Waals surface area contributed by atoms with Crippen molar-refractivity contribution < 1.29 is 4.74 Å². The highest BCUT2D eigenvalue weighted by molar-refractivity contribution is 9.10. The van der Waals surface area contributed by atoms with Gasteiger partial charge in [-0.15, -0.1) is 0 Å². The summed E-state index contributed by atoms with van der Waals surface area (Å²) in [5, 5.41) is 3.16. The average molecular weight is 270 g/mol. The van der Waals surface area contributed by atoms with Crippen LogP contribution in [0, 0.1) is 0 Å². The van der Waals surface area contributed by atoms with Crippen LogP contribution in [-0.2, 0) is 11.2 Å². The zero-order valence-corrected chi connectivity index (χ0v) is 10.7. The first-order chi connectivity index (χ1) is 7.11. The molecule has 15 heavy (non-hydrogen) atoms. The van der Waals surface area contributed by atoms with Gasteiger partial charge in [-0.05, 0) is 37.6 Å². The van der Waals surface area contributed by atoms with E-state index in [4.69, 9.17) is 4.74 Å². The highest BCUT2D eigenvalue weighted by atomic mass is 79.9. The lowest BCUT2D eigenvalue weighted by atomic mass is 10.1. The molecule has 1 rings (SSSR count). The van der Waals surface area contributed by atoms with Gasteiger partial charge in [0.05, 0.1) is 7.11 Å². The summed E-state index contributed by atoms with van der Waals surface area (Å²) in [6, 6.07) is 8.63. The van der Waals surface area contributed by atoms with Crippen LogP contribution in [0.4, 0.5) is 0 Å². The maximum atomic E-state index is 4.96. The maximum absolute atomic E-state index is 4.96. The number of nitrogens with one attached hydrogen (secondary N) is 1. The smallest absolute Gasteiger partial charge is 0.179 e. The number of rotatable bonds is 5. The number of hydrogen-bond acceptors (Lipinski definition) is 2. The van der Waals surface area contributed by atoms with Crippen LogP contribution in [0.5, 0.6) is 0 Å². The van der Waals surface area contributed by atoms with Crippen LogP contribution in [0.15, 0.2) is 41.2 Å². The molecule has 3 heteroatoms. The van der Waals surface area contributed by atoms with Gasteiger partial charge in [-0.3, -0.25) is 0 Å². The molecule has 0 amide bonds. The molecular formula is C12H16BrNO. The van der Waals surface area contributed by atoms with E-state index in [9.17, 15) is 0 Å². The Kier molecular flexibility index (Phi) is 4.69. The molecule has 0 bridgehead atoms. The second-order valence-corrected chi connectivity index (χ2v) is 4.42. The Bertz CT molecular complexity index is 321. The third-order valence-corrected chi connectivity index (χ3v) is 2.64. The van der Waals surface area contributed by atoms with E-state index in [1.807, 2.05) is 12.1 Å². The van der Waals surface area contributed by atoms with Crippen molar-refractivity contribution in [2.75, 3.05) is 7.11 Å². The molecule has 1 aromatic carbocycles. The van der Waals surface area contributed by atoms with Crippen molar-refractivity contribution >= 4 is 15.9 Å². The molecule has 0 aliphatic heterocycles. The summed E-state index contributed by atoms with van der Waals surface area (Å²) in [6.07, 6.45) is 0.954. The lowest BCUT2D eigenvalue weighted by molar-refractivity contribution is 0.253. The van der Waals surface area contributed by atoms with E-state index in [0.29, 0.717) is 11.9 Å². The average Bonchev–Trinajstić information content (AvgIpc) is 2.21. The number of hydrogen-bond donors (Lipinski definition) is 1. The van der Waals surface area contributed by atoms with Crippen molar-refractivity contribution in [3.8, 4) is 0 Å². The highest BCUT2D eigenvalue weighted by Crippen LogP contribution is 2.12. The Morgan fingerprint density at radius 1 is 1.47 bits per heavy atom. The van der Waals surface area contributed by atoms with Crippen molar-refractivity contribution in [1.29, 1.82) is 0 Å². The van der Waals surface area contributed by atoms with E-state index in [-0.39, 0.29) is 0 Å². The first kappa shape index (κ1) is 12.1. The van der Waals surface area contributed by atoms with Gasteiger partial charge in [-0.1, -0.05) is 28.1 Å². The Labute approximate surface area is 99.5 Å². The van der Waals surface area contributed by atoms with Crippen molar-refractivity contribution in [3.63, 3.8) is 0 Å². The molecule has 1 aromatic rings. The third-order valence-electron chi connectivity index (χ3n) is 2.11. The summed E-state index contributed by atoms with van der Waals surface area (Å²) < 4.78 is 6.07. The fraction of sp³-hybridized carbons (Fsp3) is 0.333. The fourth-order valence-electron chi connectivity index (χ4n) is 1.36. The summed E-state index contributed by atoms with van der Waals surface area (Å²) in [7, 11) is 1.61. The molecule has 0 radical (unpaired) electrons. The number of benzene rings is 1. The third kappa shape index (κ3) is 4.38. The molecule has 0 aliphatic rings.